The third kappa shape index (κ3) is 5.34. The van der Waals surface area contributed by atoms with Crippen molar-refractivity contribution in [2.24, 2.45) is 0 Å². The predicted octanol–water partition coefficient (Wildman–Crippen LogP) is 5.36. The smallest absolute Gasteiger partial charge is 0.362 e. The van der Waals surface area contributed by atoms with Gasteiger partial charge in [0, 0.05) is 17.1 Å². The zero-order chi connectivity index (χ0) is 23.2. The summed E-state index contributed by atoms with van der Waals surface area (Å²) in [6.07, 6.45) is 5.47. The van der Waals surface area contributed by atoms with E-state index in [4.69, 9.17) is 9.15 Å². The van der Waals surface area contributed by atoms with E-state index in [0.717, 1.165) is 31.1 Å². The van der Waals surface area contributed by atoms with Gasteiger partial charge in [-0.05, 0) is 56.2 Å². The molecule has 33 heavy (non-hydrogen) atoms. The molecule has 0 bridgehead atoms. The van der Waals surface area contributed by atoms with Gasteiger partial charge < -0.3 is 19.8 Å². The monoisotopic (exact) mass is 449 g/mol. The molecule has 0 atom stereocenters. The van der Waals surface area contributed by atoms with Crippen molar-refractivity contribution in [3.63, 3.8) is 0 Å². The molecular formula is C25H27N3O5. The Morgan fingerprint density at radius 3 is 2.42 bits per heavy atom. The van der Waals surface area contributed by atoms with Crippen LogP contribution in [0.2, 0.25) is 0 Å². The van der Waals surface area contributed by atoms with Crippen LogP contribution in [0.4, 0.5) is 21.9 Å². The number of rotatable bonds is 6. The quantitative estimate of drug-likeness (QED) is 0.345. The standard InChI is InChI=1S/C25H27N3O5/c1-2-32-23(29)16-12-14-18(15-13-16)27-25(31)28-22-21(26-17-8-4-3-5-9-17)19-10-6-7-11-20(19)33-24(22)30/h6-7,10-15,17,26H,2-5,8-9H2,1H3,(H2,27,28,31). The van der Waals surface area contributed by atoms with E-state index in [2.05, 4.69) is 16.0 Å². The second-order valence-corrected chi connectivity index (χ2v) is 7.99. The van der Waals surface area contributed by atoms with Gasteiger partial charge in [0.2, 0.25) is 0 Å². The van der Waals surface area contributed by atoms with Crippen molar-refractivity contribution in [3.8, 4) is 0 Å². The van der Waals surface area contributed by atoms with Crippen LogP contribution in [0.15, 0.2) is 57.7 Å². The van der Waals surface area contributed by atoms with E-state index in [0.29, 0.717) is 22.5 Å². The average molecular weight is 450 g/mol. The van der Waals surface area contributed by atoms with Crippen molar-refractivity contribution in [2.45, 2.75) is 45.1 Å². The Morgan fingerprint density at radius 1 is 0.970 bits per heavy atom. The maximum absolute atomic E-state index is 12.8. The van der Waals surface area contributed by atoms with E-state index >= 15 is 0 Å². The molecule has 8 nitrogen and oxygen atoms in total. The summed E-state index contributed by atoms with van der Waals surface area (Å²) < 4.78 is 10.4. The molecule has 2 aromatic carbocycles. The van der Waals surface area contributed by atoms with Crippen molar-refractivity contribution in [1.82, 2.24) is 0 Å². The number of esters is 1. The number of nitrogens with one attached hydrogen (secondary N) is 3. The van der Waals surface area contributed by atoms with E-state index in [1.807, 2.05) is 12.1 Å². The van der Waals surface area contributed by atoms with Gasteiger partial charge >= 0.3 is 17.6 Å². The molecule has 1 saturated carbocycles. The van der Waals surface area contributed by atoms with Gasteiger partial charge in [0.15, 0.2) is 5.69 Å². The SMILES string of the molecule is CCOC(=O)c1ccc(NC(=O)Nc2c(NC3CCCCC3)c3ccccc3oc2=O)cc1. The number of amides is 2. The topological polar surface area (TPSA) is 110 Å². The molecule has 0 spiro atoms. The number of carbonyl (C=O) groups is 2. The maximum atomic E-state index is 12.8. The zero-order valence-corrected chi connectivity index (χ0v) is 18.5. The molecule has 0 aliphatic heterocycles. The van der Waals surface area contributed by atoms with Gasteiger partial charge in [0.1, 0.15) is 5.58 Å². The van der Waals surface area contributed by atoms with Gasteiger partial charge in [0.05, 0.1) is 17.9 Å². The lowest BCUT2D eigenvalue weighted by molar-refractivity contribution is 0.0526. The molecule has 8 heteroatoms. The van der Waals surface area contributed by atoms with Gasteiger partial charge in [-0.15, -0.1) is 0 Å². The van der Waals surface area contributed by atoms with Crippen LogP contribution in [0.1, 0.15) is 49.4 Å². The van der Waals surface area contributed by atoms with Crippen LogP contribution in [0.3, 0.4) is 0 Å². The Balaban J connectivity index is 1.56. The Hall–Kier alpha value is -3.81. The zero-order valence-electron chi connectivity index (χ0n) is 18.5. The first-order valence-electron chi connectivity index (χ1n) is 11.2. The van der Waals surface area contributed by atoms with Gasteiger partial charge in [-0.1, -0.05) is 31.4 Å². The number of anilines is 3. The molecule has 4 rings (SSSR count). The highest BCUT2D eigenvalue weighted by Gasteiger charge is 2.21. The van der Waals surface area contributed by atoms with E-state index in [9.17, 15) is 14.4 Å². The average Bonchev–Trinajstić information content (AvgIpc) is 2.82. The Labute approximate surface area is 191 Å². The highest BCUT2D eigenvalue weighted by Crippen LogP contribution is 2.32. The van der Waals surface area contributed by atoms with Gasteiger partial charge in [-0.2, -0.15) is 0 Å². The van der Waals surface area contributed by atoms with E-state index in [1.165, 1.54) is 6.42 Å². The molecule has 1 fully saturated rings. The lowest BCUT2D eigenvalue weighted by atomic mass is 9.95. The molecule has 2 amide bonds. The minimum atomic E-state index is -0.625. The highest BCUT2D eigenvalue weighted by molar-refractivity contribution is 6.06. The van der Waals surface area contributed by atoms with E-state index in [-0.39, 0.29) is 18.3 Å². The fourth-order valence-corrected chi connectivity index (χ4v) is 4.04. The van der Waals surface area contributed by atoms with Gasteiger partial charge in [-0.3, -0.25) is 5.32 Å². The molecule has 1 aromatic heterocycles. The number of hydrogen-bond donors (Lipinski definition) is 3. The Bertz CT molecular complexity index is 1200. The third-order valence-corrected chi connectivity index (χ3v) is 5.66. The molecule has 3 N–H and O–H groups in total. The molecule has 0 radical (unpaired) electrons. The Kier molecular flexibility index (Phi) is 6.92. The first-order valence-corrected chi connectivity index (χ1v) is 11.2. The van der Waals surface area contributed by atoms with Gasteiger partial charge in [0.25, 0.3) is 0 Å². The van der Waals surface area contributed by atoms with Crippen molar-refractivity contribution in [2.75, 3.05) is 22.6 Å². The summed E-state index contributed by atoms with van der Waals surface area (Å²) in [7, 11) is 0. The van der Waals surface area contributed by atoms with Crippen molar-refractivity contribution in [3.05, 3.63) is 64.5 Å². The highest BCUT2D eigenvalue weighted by atomic mass is 16.5. The number of benzene rings is 2. The molecule has 0 unspecified atom stereocenters. The van der Waals surface area contributed by atoms with Crippen LogP contribution in [0, 0.1) is 0 Å². The molecule has 172 valence electrons. The number of ether oxygens (including phenoxy) is 1. The third-order valence-electron chi connectivity index (χ3n) is 5.66. The van der Waals surface area contributed by atoms with Crippen LogP contribution in [0.5, 0.6) is 0 Å². The van der Waals surface area contributed by atoms with Gasteiger partial charge in [-0.25, -0.2) is 14.4 Å². The van der Waals surface area contributed by atoms with E-state index < -0.39 is 17.6 Å². The summed E-state index contributed by atoms with van der Waals surface area (Å²) in [5.74, 6) is -0.430. The lowest BCUT2D eigenvalue weighted by Crippen LogP contribution is -2.27. The summed E-state index contributed by atoms with van der Waals surface area (Å²) in [5, 5.41) is 9.55. The van der Waals surface area contributed by atoms with Crippen LogP contribution in [-0.4, -0.2) is 24.6 Å². The summed E-state index contributed by atoms with van der Waals surface area (Å²) in [4.78, 5) is 37.3. The number of hydrogen-bond acceptors (Lipinski definition) is 6. The first kappa shape index (κ1) is 22.4. The maximum Gasteiger partial charge on any atom is 0.362 e. The molecule has 1 aliphatic carbocycles. The van der Waals surface area contributed by atoms with Crippen LogP contribution in [-0.2, 0) is 4.74 Å². The van der Waals surface area contributed by atoms with Crippen LogP contribution >= 0.6 is 0 Å². The second-order valence-electron chi connectivity index (χ2n) is 7.99. The first-order chi connectivity index (χ1) is 16.0. The van der Waals surface area contributed by atoms with Crippen molar-refractivity contribution < 1.29 is 18.7 Å². The number of carbonyl (C=O) groups excluding carboxylic acids is 2. The number of fused-ring (bicyclic) bond motifs is 1. The lowest BCUT2D eigenvalue weighted by Gasteiger charge is -2.25. The van der Waals surface area contributed by atoms with Crippen molar-refractivity contribution >= 4 is 40.0 Å². The number of urea groups is 1. The minimum absolute atomic E-state index is 0.0694. The normalized spacial score (nSPS) is 14.0. The molecule has 0 saturated heterocycles. The Morgan fingerprint density at radius 2 is 1.70 bits per heavy atom. The minimum Gasteiger partial charge on any atom is -0.462 e. The fraction of sp³-hybridized carbons (Fsp3) is 0.320. The second kappa shape index (κ2) is 10.2. The summed E-state index contributed by atoms with van der Waals surface area (Å²) in [5.41, 5.74) is 1.33. The van der Waals surface area contributed by atoms with Crippen LogP contribution in [0.25, 0.3) is 11.0 Å². The fourth-order valence-electron chi connectivity index (χ4n) is 4.04. The molecule has 1 aliphatic rings. The van der Waals surface area contributed by atoms with E-state index in [1.54, 1.807) is 43.3 Å². The largest absolute Gasteiger partial charge is 0.462 e. The van der Waals surface area contributed by atoms with Crippen molar-refractivity contribution in [1.29, 1.82) is 0 Å². The summed E-state index contributed by atoms with van der Waals surface area (Å²) in [6.45, 7) is 2.02. The predicted molar refractivity (Wildman–Crippen MR) is 128 cm³/mol. The van der Waals surface area contributed by atoms with Crippen LogP contribution < -0.4 is 21.6 Å². The summed E-state index contributed by atoms with van der Waals surface area (Å²) in [6, 6.07) is 13.2. The molecule has 3 aromatic rings. The summed E-state index contributed by atoms with van der Waals surface area (Å²) >= 11 is 0. The molecular weight excluding hydrogens is 422 g/mol. The molecule has 1 heterocycles. The number of para-hydroxylation sites is 1.